The number of aliphatic carboxylic acids is 1. The van der Waals surface area contributed by atoms with E-state index in [9.17, 15) is 29.9 Å². The summed E-state index contributed by atoms with van der Waals surface area (Å²) in [6.07, 6.45) is -1.41. The standard InChI is InChI=1S/C14H16BrClN2O7/c1-14(2,3)25-13(22)17-7(12(20)21)4-6-5-8(18(23)24)9(15)10(16)11(6)19/h5,7,19H,4H2,1-3H3,(H,17,22)(H,20,21). The fourth-order valence-electron chi connectivity index (χ4n) is 1.81. The minimum Gasteiger partial charge on any atom is -0.506 e. The number of benzene rings is 1. The number of amides is 1. The number of carboxylic acids is 1. The molecule has 3 N–H and O–H groups in total. The molecule has 0 aliphatic rings. The number of ether oxygens (including phenoxy) is 1. The molecule has 9 nitrogen and oxygen atoms in total. The summed E-state index contributed by atoms with van der Waals surface area (Å²) in [5.74, 6) is -1.93. The van der Waals surface area contributed by atoms with Crippen LogP contribution in [0.4, 0.5) is 10.5 Å². The maximum absolute atomic E-state index is 11.7. The number of nitro groups is 1. The Balaban J connectivity index is 3.13. The number of carboxylic acid groups (broad SMARTS) is 1. The largest absolute Gasteiger partial charge is 0.506 e. The molecule has 0 radical (unpaired) electrons. The van der Waals surface area contributed by atoms with Crippen LogP contribution in [0.25, 0.3) is 0 Å². The number of carbonyl (C=O) groups excluding carboxylic acids is 1. The van der Waals surface area contributed by atoms with Crippen LogP contribution >= 0.6 is 27.5 Å². The number of nitrogens with zero attached hydrogens (tertiary/aromatic N) is 1. The molecule has 1 amide bonds. The number of hydrogen-bond acceptors (Lipinski definition) is 6. The average Bonchev–Trinajstić information content (AvgIpc) is 2.44. The predicted molar refractivity (Wildman–Crippen MR) is 92.0 cm³/mol. The van der Waals surface area contributed by atoms with E-state index in [1.54, 1.807) is 20.8 Å². The van der Waals surface area contributed by atoms with Crippen molar-refractivity contribution in [2.24, 2.45) is 0 Å². The van der Waals surface area contributed by atoms with Gasteiger partial charge in [0.1, 0.15) is 26.9 Å². The molecule has 0 spiro atoms. The van der Waals surface area contributed by atoms with Crippen LogP contribution in [0.1, 0.15) is 26.3 Å². The van der Waals surface area contributed by atoms with Gasteiger partial charge in [0.25, 0.3) is 5.69 Å². The maximum atomic E-state index is 11.7. The number of phenols is 1. The van der Waals surface area contributed by atoms with Crippen LogP contribution < -0.4 is 5.32 Å². The second kappa shape index (κ2) is 7.87. The molecule has 1 unspecified atom stereocenters. The molecule has 1 rings (SSSR count). The number of halogens is 2. The van der Waals surface area contributed by atoms with Crippen LogP contribution in [0.2, 0.25) is 5.02 Å². The van der Waals surface area contributed by atoms with E-state index in [0.717, 1.165) is 6.07 Å². The molecule has 0 aromatic heterocycles. The highest BCUT2D eigenvalue weighted by Crippen LogP contribution is 2.41. The van der Waals surface area contributed by atoms with Crippen molar-refractivity contribution in [3.8, 4) is 5.75 Å². The Morgan fingerprint density at radius 1 is 1.48 bits per heavy atom. The van der Waals surface area contributed by atoms with Crippen LogP contribution in [0.3, 0.4) is 0 Å². The van der Waals surface area contributed by atoms with Crippen molar-refractivity contribution >= 4 is 45.3 Å². The van der Waals surface area contributed by atoms with Crippen molar-refractivity contribution in [2.75, 3.05) is 0 Å². The lowest BCUT2D eigenvalue weighted by Crippen LogP contribution is -2.44. The second-order valence-corrected chi connectivity index (χ2v) is 7.20. The predicted octanol–water partition coefficient (Wildman–Crippen LogP) is 3.24. The average molecular weight is 440 g/mol. The number of hydrogen-bond donors (Lipinski definition) is 3. The molecule has 0 bridgehead atoms. The van der Waals surface area contributed by atoms with Gasteiger partial charge < -0.3 is 20.3 Å². The fourth-order valence-corrected chi connectivity index (χ4v) is 2.48. The van der Waals surface area contributed by atoms with Gasteiger partial charge in [0.2, 0.25) is 0 Å². The summed E-state index contributed by atoms with van der Waals surface area (Å²) in [5.41, 5.74) is -1.39. The third-order valence-electron chi connectivity index (χ3n) is 2.85. The van der Waals surface area contributed by atoms with E-state index in [1.807, 2.05) is 0 Å². The van der Waals surface area contributed by atoms with Gasteiger partial charge in [-0.05, 0) is 36.7 Å². The van der Waals surface area contributed by atoms with Crippen LogP contribution in [-0.2, 0) is 16.0 Å². The van der Waals surface area contributed by atoms with E-state index in [-0.39, 0.29) is 15.1 Å². The molecule has 1 aromatic carbocycles. The highest BCUT2D eigenvalue weighted by molar-refractivity contribution is 9.10. The number of aromatic hydroxyl groups is 1. The zero-order valence-corrected chi connectivity index (χ0v) is 15.8. The van der Waals surface area contributed by atoms with E-state index >= 15 is 0 Å². The Hall–Kier alpha value is -2.07. The van der Waals surface area contributed by atoms with Gasteiger partial charge >= 0.3 is 12.1 Å². The molecule has 25 heavy (non-hydrogen) atoms. The minimum absolute atomic E-state index is 0.108. The van der Waals surface area contributed by atoms with Crippen molar-refractivity contribution in [2.45, 2.75) is 38.8 Å². The Morgan fingerprint density at radius 3 is 2.48 bits per heavy atom. The third kappa shape index (κ3) is 5.75. The van der Waals surface area contributed by atoms with Gasteiger partial charge in [-0.25, -0.2) is 9.59 Å². The quantitative estimate of drug-likeness (QED) is 0.472. The Labute approximate surface area is 156 Å². The highest BCUT2D eigenvalue weighted by Gasteiger charge is 2.28. The van der Waals surface area contributed by atoms with Crippen molar-refractivity contribution in [1.82, 2.24) is 5.32 Å². The van der Waals surface area contributed by atoms with Crippen LogP contribution in [-0.4, -0.2) is 38.8 Å². The van der Waals surface area contributed by atoms with Gasteiger partial charge in [-0.2, -0.15) is 0 Å². The smallest absolute Gasteiger partial charge is 0.408 e. The summed E-state index contributed by atoms with van der Waals surface area (Å²) in [4.78, 5) is 33.4. The monoisotopic (exact) mass is 438 g/mol. The molecular formula is C14H16BrClN2O7. The summed E-state index contributed by atoms with van der Waals surface area (Å²) in [5, 5.41) is 32.1. The number of nitrogens with one attached hydrogen (secondary N) is 1. The Bertz CT molecular complexity index is 718. The Morgan fingerprint density at radius 2 is 2.04 bits per heavy atom. The number of nitro benzene ring substituents is 1. The van der Waals surface area contributed by atoms with Crippen LogP contribution in [0.15, 0.2) is 10.5 Å². The van der Waals surface area contributed by atoms with E-state index < -0.39 is 46.5 Å². The van der Waals surface area contributed by atoms with Gasteiger partial charge in [0.15, 0.2) is 0 Å². The van der Waals surface area contributed by atoms with Crippen molar-refractivity contribution in [3.05, 3.63) is 31.2 Å². The number of carbonyl (C=O) groups is 2. The first-order valence-electron chi connectivity index (χ1n) is 6.90. The molecule has 1 atom stereocenters. The Kier molecular flexibility index (Phi) is 6.61. The summed E-state index contributed by atoms with van der Waals surface area (Å²) in [6.45, 7) is 4.81. The van der Waals surface area contributed by atoms with Gasteiger partial charge in [-0.1, -0.05) is 11.6 Å². The van der Waals surface area contributed by atoms with Gasteiger partial charge in [-0.3, -0.25) is 10.1 Å². The third-order valence-corrected chi connectivity index (χ3v) is 4.25. The van der Waals surface area contributed by atoms with Crippen molar-refractivity contribution in [3.63, 3.8) is 0 Å². The van der Waals surface area contributed by atoms with E-state index in [4.69, 9.17) is 16.3 Å². The molecule has 138 valence electrons. The first-order chi connectivity index (χ1) is 11.3. The SMILES string of the molecule is CC(C)(C)OC(=O)NC(Cc1cc([N+](=O)[O-])c(Br)c(Cl)c1O)C(=O)O. The number of rotatable bonds is 5. The number of phenolic OH excluding ortho intramolecular Hbond substituents is 1. The lowest BCUT2D eigenvalue weighted by atomic mass is 10.0. The zero-order valence-electron chi connectivity index (χ0n) is 13.5. The topological polar surface area (TPSA) is 139 Å². The number of alkyl carbamates (subject to hydrolysis) is 1. The first kappa shape index (κ1) is 21.0. The molecule has 0 aliphatic carbocycles. The fraction of sp³-hybridized carbons (Fsp3) is 0.429. The molecule has 0 saturated carbocycles. The molecule has 0 heterocycles. The summed E-state index contributed by atoms with van der Waals surface area (Å²) in [6, 6.07) is -0.504. The van der Waals surface area contributed by atoms with Gasteiger partial charge in [0.05, 0.1) is 4.92 Å². The van der Waals surface area contributed by atoms with Gasteiger partial charge in [-0.15, -0.1) is 0 Å². The zero-order chi connectivity index (χ0) is 19.5. The molecular weight excluding hydrogens is 424 g/mol. The van der Waals surface area contributed by atoms with E-state index in [0.29, 0.717) is 0 Å². The van der Waals surface area contributed by atoms with Gasteiger partial charge in [0, 0.05) is 18.1 Å². The summed E-state index contributed by atoms with van der Waals surface area (Å²) in [7, 11) is 0. The molecule has 1 aromatic rings. The van der Waals surface area contributed by atoms with Crippen molar-refractivity contribution in [1.29, 1.82) is 0 Å². The lowest BCUT2D eigenvalue weighted by Gasteiger charge is -2.22. The molecule has 11 heteroatoms. The molecule has 0 aliphatic heterocycles. The second-order valence-electron chi connectivity index (χ2n) is 6.03. The van der Waals surface area contributed by atoms with Crippen LogP contribution in [0, 0.1) is 10.1 Å². The maximum Gasteiger partial charge on any atom is 0.408 e. The summed E-state index contributed by atoms with van der Waals surface area (Å²) < 4.78 is 4.84. The van der Waals surface area contributed by atoms with E-state index in [2.05, 4.69) is 21.2 Å². The summed E-state index contributed by atoms with van der Waals surface area (Å²) >= 11 is 8.72. The van der Waals surface area contributed by atoms with Crippen molar-refractivity contribution < 1.29 is 29.5 Å². The highest BCUT2D eigenvalue weighted by atomic mass is 79.9. The lowest BCUT2D eigenvalue weighted by molar-refractivity contribution is -0.385. The molecule has 0 saturated heterocycles. The minimum atomic E-state index is -1.49. The van der Waals surface area contributed by atoms with Crippen LogP contribution in [0.5, 0.6) is 5.75 Å². The van der Waals surface area contributed by atoms with E-state index in [1.165, 1.54) is 0 Å². The first-order valence-corrected chi connectivity index (χ1v) is 8.07. The normalized spacial score (nSPS) is 12.4. The molecule has 0 fully saturated rings.